The number of pyridine rings is 1. The normalized spacial score (nSPS) is 16.8. The molecule has 7 nitrogen and oxygen atoms in total. The van der Waals surface area contributed by atoms with Crippen molar-refractivity contribution in [2.24, 2.45) is 0 Å². The van der Waals surface area contributed by atoms with Gasteiger partial charge < -0.3 is 18.8 Å². The summed E-state index contributed by atoms with van der Waals surface area (Å²) in [7, 11) is 1.50. The molecule has 0 radical (unpaired) electrons. The average Bonchev–Trinajstić information content (AvgIpc) is 2.73. The van der Waals surface area contributed by atoms with E-state index in [0.717, 1.165) is 12.8 Å². The van der Waals surface area contributed by atoms with Gasteiger partial charge in [-0.05, 0) is 37.1 Å². The number of ether oxygens (including phenoxy) is 2. The number of aromatic nitrogens is 1. The fourth-order valence-corrected chi connectivity index (χ4v) is 3.43. The molecule has 144 valence electrons. The predicted molar refractivity (Wildman–Crippen MR) is 103 cm³/mol. The van der Waals surface area contributed by atoms with Crippen molar-refractivity contribution in [1.29, 1.82) is 0 Å². The van der Waals surface area contributed by atoms with Crippen molar-refractivity contribution in [2.45, 2.75) is 18.9 Å². The number of methoxy groups -OCH3 is 1. The van der Waals surface area contributed by atoms with Crippen LogP contribution in [0.4, 0.5) is 0 Å². The minimum atomic E-state index is -0.667. The molecule has 2 aromatic heterocycles. The second-order valence-electron chi connectivity index (χ2n) is 6.64. The zero-order valence-corrected chi connectivity index (χ0v) is 15.5. The number of hydrogen-bond acceptors (Lipinski definition) is 6. The van der Waals surface area contributed by atoms with Gasteiger partial charge in [-0.3, -0.25) is 9.78 Å². The lowest BCUT2D eigenvalue weighted by molar-refractivity contribution is 0.0534. The summed E-state index contributed by atoms with van der Waals surface area (Å²) in [5.74, 6) is 0.825. The standard InChI is InChI=1S/C21H20N2O5/c1-26-18-6-2-4-14-12-17(21(25)28-19(14)18)20(24)23-11-3-5-16(13-23)27-15-7-9-22-10-8-15/h2,4,6-10,12,16H,3,5,11,13H2,1H3. The maximum atomic E-state index is 13.0. The lowest BCUT2D eigenvalue weighted by Gasteiger charge is -2.32. The van der Waals surface area contributed by atoms with E-state index in [9.17, 15) is 9.59 Å². The van der Waals surface area contributed by atoms with E-state index >= 15 is 0 Å². The van der Waals surface area contributed by atoms with E-state index in [4.69, 9.17) is 13.9 Å². The molecule has 0 bridgehead atoms. The first-order chi connectivity index (χ1) is 13.7. The fraction of sp³-hybridized carbons (Fsp3) is 0.286. The number of hydrogen-bond donors (Lipinski definition) is 0. The largest absolute Gasteiger partial charge is 0.493 e. The van der Waals surface area contributed by atoms with E-state index < -0.39 is 5.63 Å². The van der Waals surface area contributed by atoms with E-state index in [2.05, 4.69) is 4.98 Å². The fourth-order valence-electron chi connectivity index (χ4n) is 3.43. The average molecular weight is 380 g/mol. The minimum absolute atomic E-state index is 0.0188. The van der Waals surface area contributed by atoms with Crippen LogP contribution in [0.1, 0.15) is 23.2 Å². The van der Waals surface area contributed by atoms with Gasteiger partial charge in [-0.15, -0.1) is 0 Å². The quantitative estimate of drug-likeness (QED) is 0.648. The van der Waals surface area contributed by atoms with Gasteiger partial charge >= 0.3 is 5.63 Å². The molecule has 4 rings (SSSR count). The van der Waals surface area contributed by atoms with Crippen LogP contribution in [0.25, 0.3) is 11.0 Å². The van der Waals surface area contributed by atoms with Crippen LogP contribution in [0.3, 0.4) is 0 Å². The predicted octanol–water partition coefficient (Wildman–Crippen LogP) is 2.88. The molecule has 0 aliphatic carbocycles. The Balaban J connectivity index is 1.57. The first kappa shape index (κ1) is 18.0. The number of amides is 1. The number of rotatable bonds is 4. The van der Waals surface area contributed by atoms with Crippen molar-refractivity contribution in [3.63, 3.8) is 0 Å². The van der Waals surface area contributed by atoms with Crippen molar-refractivity contribution in [3.05, 3.63) is 64.8 Å². The monoisotopic (exact) mass is 380 g/mol. The summed E-state index contributed by atoms with van der Waals surface area (Å²) in [6.45, 7) is 0.987. The van der Waals surface area contributed by atoms with E-state index in [0.29, 0.717) is 35.6 Å². The summed E-state index contributed by atoms with van der Waals surface area (Å²) >= 11 is 0. The van der Waals surface area contributed by atoms with Crippen LogP contribution in [-0.2, 0) is 0 Å². The van der Waals surface area contributed by atoms with Crippen LogP contribution in [-0.4, -0.2) is 42.1 Å². The number of para-hydroxylation sites is 1. The van der Waals surface area contributed by atoms with Gasteiger partial charge in [0.05, 0.1) is 13.7 Å². The van der Waals surface area contributed by atoms with Crippen LogP contribution in [0.2, 0.25) is 0 Å². The molecule has 7 heteroatoms. The molecule has 0 N–H and O–H groups in total. The Labute approximate surface area is 161 Å². The van der Waals surface area contributed by atoms with E-state index in [1.54, 1.807) is 53.7 Å². The Morgan fingerprint density at radius 1 is 1.25 bits per heavy atom. The molecule has 28 heavy (non-hydrogen) atoms. The Morgan fingerprint density at radius 2 is 2.07 bits per heavy atom. The lowest BCUT2D eigenvalue weighted by Crippen LogP contribution is -2.45. The third-order valence-corrected chi connectivity index (χ3v) is 4.79. The zero-order valence-electron chi connectivity index (χ0n) is 15.5. The number of nitrogens with zero attached hydrogens (tertiary/aromatic N) is 2. The van der Waals surface area contributed by atoms with Crippen LogP contribution >= 0.6 is 0 Å². The van der Waals surface area contributed by atoms with Gasteiger partial charge in [0.25, 0.3) is 5.91 Å². The maximum absolute atomic E-state index is 13.0. The molecule has 0 spiro atoms. The SMILES string of the molecule is COc1cccc2cc(C(=O)N3CCCC(Oc4ccncc4)C3)c(=O)oc12. The highest BCUT2D eigenvalue weighted by Gasteiger charge is 2.28. The van der Waals surface area contributed by atoms with Crippen molar-refractivity contribution in [2.75, 3.05) is 20.2 Å². The minimum Gasteiger partial charge on any atom is -0.493 e. The molecule has 1 aliphatic rings. The van der Waals surface area contributed by atoms with Crippen LogP contribution in [0, 0.1) is 0 Å². The van der Waals surface area contributed by atoms with Crippen molar-refractivity contribution in [1.82, 2.24) is 9.88 Å². The number of carbonyl (C=O) groups is 1. The Hall–Kier alpha value is -3.35. The van der Waals surface area contributed by atoms with Crippen LogP contribution < -0.4 is 15.1 Å². The molecular weight excluding hydrogens is 360 g/mol. The van der Waals surface area contributed by atoms with Gasteiger partial charge in [0, 0.05) is 24.3 Å². The Bertz CT molecular complexity index is 1050. The lowest BCUT2D eigenvalue weighted by atomic mass is 10.1. The van der Waals surface area contributed by atoms with Gasteiger partial charge in [0.15, 0.2) is 11.3 Å². The number of carbonyl (C=O) groups excluding carboxylic acids is 1. The summed E-state index contributed by atoms with van der Waals surface area (Å²) in [4.78, 5) is 31.1. The maximum Gasteiger partial charge on any atom is 0.349 e. The third kappa shape index (κ3) is 3.55. The highest BCUT2D eigenvalue weighted by molar-refractivity contribution is 5.97. The second-order valence-corrected chi connectivity index (χ2v) is 6.64. The van der Waals surface area contributed by atoms with Gasteiger partial charge in [-0.2, -0.15) is 0 Å². The van der Waals surface area contributed by atoms with E-state index in [-0.39, 0.29) is 17.6 Å². The molecule has 1 aromatic carbocycles. The van der Waals surface area contributed by atoms with E-state index in [1.807, 2.05) is 0 Å². The molecular formula is C21H20N2O5. The number of fused-ring (bicyclic) bond motifs is 1. The van der Waals surface area contributed by atoms with Gasteiger partial charge in [-0.1, -0.05) is 12.1 Å². The summed E-state index contributed by atoms with van der Waals surface area (Å²) in [5, 5.41) is 0.642. The van der Waals surface area contributed by atoms with Crippen molar-refractivity contribution >= 4 is 16.9 Å². The molecule has 1 unspecified atom stereocenters. The third-order valence-electron chi connectivity index (χ3n) is 4.79. The first-order valence-corrected chi connectivity index (χ1v) is 9.12. The van der Waals surface area contributed by atoms with Crippen LogP contribution in [0.15, 0.2) is 58.0 Å². The summed E-state index contributed by atoms with van der Waals surface area (Å²) in [6, 6.07) is 10.4. The molecule has 1 aliphatic heterocycles. The summed E-state index contributed by atoms with van der Waals surface area (Å²) < 4.78 is 16.6. The number of likely N-dealkylation sites (tertiary alicyclic amines) is 1. The van der Waals surface area contributed by atoms with Gasteiger partial charge in [0.2, 0.25) is 0 Å². The topological polar surface area (TPSA) is 81.9 Å². The summed E-state index contributed by atoms with van der Waals surface area (Å²) in [5.41, 5.74) is -0.311. The van der Waals surface area contributed by atoms with Gasteiger partial charge in [0.1, 0.15) is 17.4 Å². The molecule has 3 aromatic rings. The molecule has 1 fully saturated rings. The molecule has 0 saturated carbocycles. The Morgan fingerprint density at radius 3 is 2.86 bits per heavy atom. The highest BCUT2D eigenvalue weighted by Crippen LogP contribution is 2.25. The molecule has 1 saturated heterocycles. The number of benzene rings is 1. The van der Waals surface area contributed by atoms with Crippen LogP contribution in [0.5, 0.6) is 11.5 Å². The van der Waals surface area contributed by atoms with E-state index in [1.165, 1.54) is 7.11 Å². The smallest absolute Gasteiger partial charge is 0.349 e. The van der Waals surface area contributed by atoms with Crippen molar-refractivity contribution < 1.29 is 18.7 Å². The second kappa shape index (κ2) is 7.72. The first-order valence-electron chi connectivity index (χ1n) is 9.12. The molecule has 1 atom stereocenters. The molecule has 1 amide bonds. The van der Waals surface area contributed by atoms with Gasteiger partial charge in [-0.25, -0.2) is 4.79 Å². The zero-order chi connectivity index (χ0) is 19.5. The van der Waals surface area contributed by atoms with Crippen molar-refractivity contribution in [3.8, 4) is 11.5 Å². The Kier molecular flexibility index (Phi) is 4.97. The molecule has 3 heterocycles. The highest BCUT2D eigenvalue weighted by atomic mass is 16.5. The summed E-state index contributed by atoms with van der Waals surface area (Å²) in [6.07, 6.45) is 4.84. The number of piperidine rings is 1.